The fourth-order valence-electron chi connectivity index (χ4n) is 2.74. The third-order valence-electron chi connectivity index (χ3n) is 3.86. The smallest absolute Gasteiger partial charge is 0.0470 e. The average Bonchev–Trinajstić information content (AvgIpc) is 3.17. The number of hydrogen-bond donors (Lipinski definition) is 1. The number of aromatic nitrogens is 1. The van der Waals surface area contributed by atoms with E-state index in [0.717, 1.165) is 19.0 Å². The highest BCUT2D eigenvalue weighted by molar-refractivity contribution is 5.21. The Kier molecular flexibility index (Phi) is 3.69. The first-order valence-electron chi connectivity index (χ1n) is 7.30. The zero-order valence-electron chi connectivity index (χ0n) is 11.5. The molecule has 1 atom stereocenters. The Labute approximate surface area is 115 Å². The van der Waals surface area contributed by atoms with Crippen LogP contribution in [0.2, 0.25) is 0 Å². The monoisotopic (exact) mass is 254 g/mol. The summed E-state index contributed by atoms with van der Waals surface area (Å²) in [6.45, 7) is 4.20. The van der Waals surface area contributed by atoms with Crippen LogP contribution >= 0.6 is 0 Å². The molecular formula is C17H22N2. The molecule has 0 aliphatic heterocycles. The van der Waals surface area contributed by atoms with Crippen molar-refractivity contribution in [1.82, 2.24) is 9.88 Å². The maximum atomic E-state index is 3.62. The van der Waals surface area contributed by atoms with Gasteiger partial charge in [0, 0.05) is 25.0 Å². The molecular weight excluding hydrogens is 232 g/mol. The van der Waals surface area contributed by atoms with Gasteiger partial charge < -0.3 is 9.88 Å². The normalized spacial score (nSPS) is 16.5. The summed E-state index contributed by atoms with van der Waals surface area (Å²) in [5.74, 6) is 0.854. The van der Waals surface area contributed by atoms with Gasteiger partial charge in [-0.25, -0.2) is 0 Å². The summed E-state index contributed by atoms with van der Waals surface area (Å²) in [6, 6.07) is 13.5. The predicted molar refractivity (Wildman–Crippen MR) is 79.1 cm³/mol. The van der Waals surface area contributed by atoms with Crippen LogP contribution in [0.15, 0.2) is 48.8 Å². The van der Waals surface area contributed by atoms with E-state index < -0.39 is 0 Å². The molecule has 1 aliphatic rings. The SMILES string of the molecule is CCNC(c1ccn(Cc2ccccc2)c1)C1CC1. The van der Waals surface area contributed by atoms with Crippen LogP contribution in [-0.2, 0) is 6.54 Å². The third kappa shape index (κ3) is 3.07. The molecule has 3 rings (SSSR count). The van der Waals surface area contributed by atoms with Crippen LogP contribution in [0.4, 0.5) is 0 Å². The quantitative estimate of drug-likeness (QED) is 0.833. The van der Waals surface area contributed by atoms with Crippen LogP contribution in [0.3, 0.4) is 0 Å². The third-order valence-corrected chi connectivity index (χ3v) is 3.86. The fraction of sp³-hybridized carbons (Fsp3) is 0.412. The number of nitrogens with one attached hydrogen (secondary N) is 1. The van der Waals surface area contributed by atoms with E-state index in [0.29, 0.717) is 6.04 Å². The second-order valence-corrected chi connectivity index (χ2v) is 5.48. The van der Waals surface area contributed by atoms with Crippen LogP contribution in [0.25, 0.3) is 0 Å². The van der Waals surface area contributed by atoms with E-state index in [-0.39, 0.29) is 0 Å². The van der Waals surface area contributed by atoms with Gasteiger partial charge in [0.2, 0.25) is 0 Å². The highest BCUT2D eigenvalue weighted by Gasteiger charge is 2.31. The lowest BCUT2D eigenvalue weighted by Crippen LogP contribution is -2.22. The van der Waals surface area contributed by atoms with Crippen molar-refractivity contribution in [2.75, 3.05) is 6.54 Å². The minimum atomic E-state index is 0.557. The summed E-state index contributed by atoms with van der Waals surface area (Å²) in [5.41, 5.74) is 2.80. The lowest BCUT2D eigenvalue weighted by atomic mass is 10.1. The summed E-state index contributed by atoms with van der Waals surface area (Å²) in [6.07, 6.45) is 7.26. The first-order valence-corrected chi connectivity index (χ1v) is 7.30. The van der Waals surface area contributed by atoms with Crippen LogP contribution in [0, 0.1) is 5.92 Å². The number of nitrogens with zero attached hydrogens (tertiary/aromatic N) is 1. The van der Waals surface area contributed by atoms with Crippen molar-refractivity contribution in [3.05, 3.63) is 59.9 Å². The number of benzene rings is 1. The highest BCUT2D eigenvalue weighted by atomic mass is 15.0. The molecule has 1 unspecified atom stereocenters. The molecule has 1 aromatic heterocycles. The minimum absolute atomic E-state index is 0.557. The Morgan fingerprint density at radius 3 is 2.68 bits per heavy atom. The van der Waals surface area contributed by atoms with Crippen LogP contribution < -0.4 is 5.32 Å². The Hall–Kier alpha value is -1.54. The molecule has 0 bridgehead atoms. The molecule has 1 aliphatic carbocycles. The maximum Gasteiger partial charge on any atom is 0.0470 e. The topological polar surface area (TPSA) is 17.0 Å². The summed E-state index contributed by atoms with van der Waals surface area (Å²) in [7, 11) is 0. The lowest BCUT2D eigenvalue weighted by Gasteiger charge is -2.15. The van der Waals surface area contributed by atoms with Gasteiger partial charge >= 0.3 is 0 Å². The van der Waals surface area contributed by atoms with Gasteiger partial charge in [0.25, 0.3) is 0 Å². The molecule has 0 radical (unpaired) electrons. The van der Waals surface area contributed by atoms with E-state index in [1.807, 2.05) is 0 Å². The molecule has 2 nitrogen and oxygen atoms in total. The van der Waals surface area contributed by atoms with Gasteiger partial charge in [-0.2, -0.15) is 0 Å². The zero-order chi connectivity index (χ0) is 13.1. The maximum absolute atomic E-state index is 3.62. The van der Waals surface area contributed by atoms with Crippen LogP contribution in [0.1, 0.15) is 36.9 Å². The van der Waals surface area contributed by atoms with Gasteiger partial charge in [-0.3, -0.25) is 0 Å². The molecule has 2 aromatic rings. The highest BCUT2D eigenvalue weighted by Crippen LogP contribution is 2.41. The fourth-order valence-corrected chi connectivity index (χ4v) is 2.74. The molecule has 100 valence electrons. The molecule has 1 saturated carbocycles. The Morgan fingerprint density at radius 2 is 2.00 bits per heavy atom. The molecule has 0 spiro atoms. The van der Waals surface area contributed by atoms with Gasteiger partial charge in [0.15, 0.2) is 0 Å². The predicted octanol–water partition coefficient (Wildman–Crippen LogP) is 3.60. The number of hydrogen-bond acceptors (Lipinski definition) is 1. The first-order chi connectivity index (χ1) is 9.36. The summed E-state index contributed by atoms with van der Waals surface area (Å²) >= 11 is 0. The van der Waals surface area contributed by atoms with E-state index >= 15 is 0 Å². The summed E-state index contributed by atoms with van der Waals surface area (Å²) in [5, 5.41) is 3.62. The van der Waals surface area contributed by atoms with Crippen molar-refractivity contribution in [3.63, 3.8) is 0 Å². The molecule has 19 heavy (non-hydrogen) atoms. The Bertz CT molecular complexity index is 511. The Morgan fingerprint density at radius 1 is 1.21 bits per heavy atom. The lowest BCUT2D eigenvalue weighted by molar-refractivity contribution is 0.495. The van der Waals surface area contributed by atoms with Gasteiger partial charge in [-0.1, -0.05) is 37.3 Å². The van der Waals surface area contributed by atoms with Crippen molar-refractivity contribution in [2.45, 2.75) is 32.4 Å². The van der Waals surface area contributed by atoms with Gasteiger partial charge in [0.05, 0.1) is 0 Å². The molecule has 1 fully saturated rings. The van der Waals surface area contributed by atoms with E-state index in [1.165, 1.54) is 24.0 Å². The largest absolute Gasteiger partial charge is 0.350 e. The van der Waals surface area contributed by atoms with E-state index in [1.54, 1.807) is 0 Å². The molecule has 1 N–H and O–H groups in total. The van der Waals surface area contributed by atoms with Crippen molar-refractivity contribution >= 4 is 0 Å². The van der Waals surface area contributed by atoms with Gasteiger partial charge in [-0.05, 0) is 42.5 Å². The van der Waals surface area contributed by atoms with Crippen LogP contribution in [0.5, 0.6) is 0 Å². The summed E-state index contributed by atoms with van der Waals surface area (Å²) < 4.78 is 2.29. The van der Waals surface area contributed by atoms with E-state index in [2.05, 4.69) is 65.6 Å². The van der Waals surface area contributed by atoms with Crippen molar-refractivity contribution in [1.29, 1.82) is 0 Å². The van der Waals surface area contributed by atoms with Crippen molar-refractivity contribution in [2.24, 2.45) is 5.92 Å². The second-order valence-electron chi connectivity index (χ2n) is 5.48. The van der Waals surface area contributed by atoms with Crippen molar-refractivity contribution in [3.8, 4) is 0 Å². The molecule has 2 heteroatoms. The van der Waals surface area contributed by atoms with Gasteiger partial charge in [-0.15, -0.1) is 0 Å². The summed E-state index contributed by atoms with van der Waals surface area (Å²) in [4.78, 5) is 0. The standard InChI is InChI=1S/C17H22N2/c1-2-18-17(15-8-9-15)16-10-11-19(13-16)12-14-6-4-3-5-7-14/h3-7,10-11,13,15,17-18H,2,8-9,12H2,1H3. The van der Waals surface area contributed by atoms with Gasteiger partial charge in [0.1, 0.15) is 0 Å². The average molecular weight is 254 g/mol. The molecule has 1 aromatic carbocycles. The Balaban J connectivity index is 1.71. The minimum Gasteiger partial charge on any atom is -0.350 e. The second kappa shape index (κ2) is 5.62. The molecule has 1 heterocycles. The van der Waals surface area contributed by atoms with Crippen LogP contribution in [-0.4, -0.2) is 11.1 Å². The van der Waals surface area contributed by atoms with E-state index in [9.17, 15) is 0 Å². The van der Waals surface area contributed by atoms with E-state index in [4.69, 9.17) is 0 Å². The zero-order valence-corrected chi connectivity index (χ0v) is 11.5. The number of rotatable bonds is 6. The van der Waals surface area contributed by atoms with Crippen molar-refractivity contribution < 1.29 is 0 Å². The molecule has 0 amide bonds. The first kappa shape index (κ1) is 12.5. The molecule has 0 saturated heterocycles.